The average molecular weight is 268 g/mol. The van der Waals surface area contributed by atoms with Gasteiger partial charge in [0.1, 0.15) is 11.6 Å². The second kappa shape index (κ2) is 5.21. The summed E-state index contributed by atoms with van der Waals surface area (Å²) >= 11 is 0. The standard InChI is InChI=1S/C15H16N4O/c1-11-17-10-13-7-8-16-15(19(11)13)18-9-12-3-5-14(20-2)6-4-12/h3-8,10H,9H2,1-2H3,(H,16,18). The number of anilines is 1. The lowest BCUT2D eigenvalue weighted by Crippen LogP contribution is -2.07. The SMILES string of the molecule is COc1ccc(CNc2nccc3cnc(C)n23)cc1. The molecule has 0 fully saturated rings. The molecule has 0 bridgehead atoms. The molecule has 3 aromatic rings. The van der Waals surface area contributed by atoms with Gasteiger partial charge in [0.05, 0.1) is 18.8 Å². The van der Waals surface area contributed by atoms with Crippen LogP contribution in [0.5, 0.6) is 5.75 Å². The van der Waals surface area contributed by atoms with E-state index in [1.165, 1.54) is 5.56 Å². The van der Waals surface area contributed by atoms with Crippen molar-refractivity contribution in [2.45, 2.75) is 13.5 Å². The van der Waals surface area contributed by atoms with Gasteiger partial charge in [-0.25, -0.2) is 9.97 Å². The third kappa shape index (κ3) is 2.30. The fourth-order valence-electron chi connectivity index (χ4n) is 2.15. The summed E-state index contributed by atoms with van der Waals surface area (Å²) in [4.78, 5) is 8.68. The number of aromatic nitrogens is 3. The van der Waals surface area contributed by atoms with Crippen LogP contribution in [-0.4, -0.2) is 21.5 Å². The van der Waals surface area contributed by atoms with Crippen LogP contribution in [0.3, 0.4) is 0 Å². The number of nitrogens with one attached hydrogen (secondary N) is 1. The van der Waals surface area contributed by atoms with E-state index in [0.717, 1.165) is 23.0 Å². The van der Waals surface area contributed by atoms with Gasteiger partial charge >= 0.3 is 0 Å². The van der Waals surface area contributed by atoms with Gasteiger partial charge in [-0.2, -0.15) is 0 Å². The number of rotatable bonds is 4. The van der Waals surface area contributed by atoms with Crippen molar-refractivity contribution in [2.24, 2.45) is 0 Å². The molecular weight excluding hydrogens is 252 g/mol. The predicted octanol–water partition coefficient (Wildman–Crippen LogP) is 2.66. The molecule has 2 aromatic heterocycles. The summed E-state index contributed by atoms with van der Waals surface area (Å²) in [5.74, 6) is 2.58. The van der Waals surface area contributed by atoms with E-state index in [1.807, 2.05) is 47.9 Å². The first-order chi connectivity index (χ1) is 9.78. The predicted molar refractivity (Wildman–Crippen MR) is 78.0 cm³/mol. The molecule has 3 rings (SSSR count). The van der Waals surface area contributed by atoms with Gasteiger partial charge in [0.2, 0.25) is 5.95 Å². The zero-order valence-corrected chi connectivity index (χ0v) is 11.5. The van der Waals surface area contributed by atoms with E-state index in [1.54, 1.807) is 13.3 Å². The monoisotopic (exact) mass is 268 g/mol. The molecule has 0 unspecified atom stereocenters. The highest BCUT2D eigenvalue weighted by atomic mass is 16.5. The summed E-state index contributed by atoms with van der Waals surface area (Å²) in [6, 6.07) is 9.92. The Labute approximate surface area is 117 Å². The van der Waals surface area contributed by atoms with E-state index < -0.39 is 0 Å². The van der Waals surface area contributed by atoms with E-state index >= 15 is 0 Å². The van der Waals surface area contributed by atoms with E-state index in [2.05, 4.69) is 15.3 Å². The number of hydrogen-bond donors (Lipinski definition) is 1. The minimum atomic E-state index is 0.702. The molecule has 0 saturated carbocycles. The first-order valence-electron chi connectivity index (χ1n) is 6.44. The van der Waals surface area contributed by atoms with Gasteiger partial charge in [-0.1, -0.05) is 12.1 Å². The largest absolute Gasteiger partial charge is 0.497 e. The van der Waals surface area contributed by atoms with E-state index in [-0.39, 0.29) is 0 Å². The Hall–Kier alpha value is -2.56. The maximum absolute atomic E-state index is 5.15. The summed E-state index contributed by atoms with van der Waals surface area (Å²) in [7, 11) is 1.67. The Bertz CT molecular complexity index is 718. The van der Waals surface area contributed by atoms with Gasteiger partial charge in [0, 0.05) is 12.7 Å². The van der Waals surface area contributed by atoms with Crippen molar-refractivity contribution in [2.75, 3.05) is 12.4 Å². The topological polar surface area (TPSA) is 51.5 Å². The highest BCUT2D eigenvalue weighted by molar-refractivity contribution is 5.51. The molecule has 5 nitrogen and oxygen atoms in total. The summed E-state index contributed by atoms with van der Waals surface area (Å²) in [5.41, 5.74) is 2.21. The molecule has 1 N–H and O–H groups in total. The normalized spacial score (nSPS) is 10.7. The minimum absolute atomic E-state index is 0.702. The number of benzene rings is 1. The van der Waals surface area contributed by atoms with Crippen molar-refractivity contribution in [1.82, 2.24) is 14.4 Å². The molecule has 0 aliphatic carbocycles. The Balaban J connectivity index is 1.81. The van der Waals surface area contributed by atoms with Gasteiger partial charge in [0.25, 0.3) is 0 Å². The highest BCUT2D eigenvalue weighted by Gasteiger charge is 2.05. The Morgan fingerprint density at radius 3 is 2.70 bits per heavy atom. The lowest BCUT2D eigenvalue weighted by atomic mass is 10.2. The number of ether oxygens (including phenoxy) is 1. The number of hydrogen-bond acceptors (Lipinski definition) is 4. The van der Waals surface area contributed by atoms with Crippen molar-refractivity contribution in [1.29, 1.82) is 0 Å². The third-order valence-electron chi connectivity index (χ3n) is 3.23. The number of fused-ring (bicyclic) bond motifs is 1. The van der Waals surface area contributed by atoms with Gasteiger partial charge in [-0.15, -0.1) is 0 Å². The molecule has 102 valence electrons. The highest BCUT2D eigenvalue weighted by Crippen LogP contribution is 2.15. The van der Waals surface area contributed by atoms with Crippen molar-refractivity contribution in [3.8, 4) is 5.75 Å². The molecule has 0 spiro atoms. The van der Waals surface area contributed by atoms with Gasteiger partial charge in [0.15, 0.2) is 0 Å². The zero-order chi connectivity index (χ0) is 13.9. The van der Waals surface area contributed by atoms with Crippen LogP contribution in [0, 0.1) is 6.92 Å². The molecule has 1 aromatic carbocycles. The Kier molecular flexibility index (Phi) is 3.25. The lowest BCUT2D eigenvalue weighted by Gasteiger charge is -2.09. The summed E-state index contributed by atoms with van der Waals surface area (Å²) in [6.07, 6.45) is 3.63. The molecule has 0 aliphatic rings. The van der Waals surface area contributed by atoms with Crippen LogP contribution < -0.4 is 10.1 Å². The number of imidazole rings is 1. The molecule has 20 heavy (non-hydrogen) atoms. The average Bonchev–Trinajstić information content (AvgIpc) is 2.88. The maximum atomic E-state index is 5.15. The van der Waals surface area contributed by atoms with Gasteiger partial charge < -0.3 is 10.1 Å². The van der Waals surface area contributed by atoms with Crippen LogP contribution in [0.2, 0.25) is 0 Å². The number of nitrogens with zero attached hydrogens (tertiary/aromatic N) is 3. The molecule has 2 heterocycles. The summed E-state index contributed by atoms with van der Waals surface area (Å²) in [5, 5.41) is 3.34. The number of aryl methyl sites for hydroxylation is 1. The van der Waals surface area contributed by atoms with Crippen LogP contribution in [-0.2, 0) is 6.54 Å². The van der Waals surface area contributed by atoms with Crippen molar-refractivity contribution >= 4 is 11.5 Å². The van der Waals surface area contributed by atoms with Crippen LogP contribution in [0.4, 0.5) is 5.95 Å². The quantitative estimate of drug-likeness (QED) is 0.790. The van der Waals surface area contributed by atoms with Crippen LogP contribution in [0.1, 0.15) is 11.4 Å². The molecule has 5 heteroatoms. The Morgan fingerprint density at radius 2 is 1.95 bits per heavy atom. The number of methoxy groups -OCH3 is 1. The summed E-state index contributed by atoms with van der Waals surface area (Å²) in [6.45, 7) is 2.67. The second-order valence-corrected chi connectivity index (χ2v) is 4.54. The zero-order valence-electron chi connectivity index (χ0n) is 11.5. The molecular formula is C15H16N4O. The lowest BCUT2D eigenvalue weighted by molar-refractivity contribution is 0.414. The van der Waals surface area contributed by atoms with Crippen molar-refractivity contribution in [3.05, 3.63) is 54.1 Å². The fraction of sp³-hybridized carbons (Fsp3) is 0.200. The Morgan fingerprint density at radius 1 is 1.15 bits per heavy atom. The van der Waals surface area contributed by atoms with Crippen molar-refractivity contribution in [3.63, 3.8) is 0 Å². The molecule has 0 atom stereocenters. The molecule has 0 amide bonds. The second-order valence-electron chi connectivity index (χ2n) is 4.54. The van der Waals surface area contributed by atoms with E-state index in [0.29, 0.717) is 6.54 Å². The van der Waals surface area contributed by atoms with Gasteiger partial charge in [-0.05, 0) is 30.7 Å². The third-order valence-corrected chi connectivity index (χ3v) is 3.23. The van der Waals surface area contributed by atoms with Crippen LogP contribution in [0.25, 0.3) is 5.52 Å². The molecule has 0 aliphatic heterocycles. The van der Waals surface area contributed by atoms with E-state index in [9.17, 15) is 0 Å². The smallest absolute Gasteiger partial charge is 0.209 e. The first-order valence-corrected chi connectivity index (χ1v) is 6.44. The van der Waals surface area contributed by atoms with Crippen LogP contribution in [0.15, 0.2) is 42.7 Å². The molecule has 0 radical (unpaired) electrons. The fourth-order valence-corrected chi connectivity index (χ4v) is 2.15. The minimum Gasteiger partial charge on any atom is -0.497 e. The van der Waals surface area contributed by atoms with Gasteiger partial charge in [-0.3, -0.25) is 4.40 Å². The first kappa shape index (κ1) is 12.5. The maximum Gasteiger partial charge on any atom is 0.209 e. The van der Waals surface area contributed by atoms with Crippen LogP contribution >= 0.6 is 0 Å². The molecule has 0 saturated heterocycles. The summed E-state index contributed by atoms with van der Waals surface area (Å²) < 4.78 is 7.15. The van der Waals surface area contributed by atoms with E-state index in [4.69, 9.17) is 4.74 Å². The van der Waals surface area contributed by atoms with Crippen molar-refractivity contribution < 1.29 is 4.74 Å².